The highest BCUT2D eigenvalue weighted by Gasteiger charge is 2.17. The predicted molar refractivity (Wildman–Crippen MR) is 70.5 cm³/mol. The average molecular weight is 268 g/mol. The minimum Gasteiger partial charge on any atom is -0.493 e. The highest BCUT2D eigenvalue weighted by molar-refractivity contribution is 5.69. The first-order valence-corrected chi connectivity index (χ1v) is 5.96. The first-order chi connectivity index (χ1) is 8.99. The van der Waals surface area contributed by atoms with E-state index in [0.29, 0.717) is 24.6 Å². The number of hydrogen-bond donors (Lipinski definition) is 1. The van der Waals surface area contributed by atoms with Gasteiger partial charge in [-0.15, -0.1) is 0 Å². The van der Waals surface area contributed by atoms with Crippen molar-refractivity contribution in [2.45, 2.75) is 13.5 Å². The predicted octanol–water partition coefficient (Wildman–Crippen LogP) is 1.25. The van der Waals surface area contributed by atoms with Gasteiger partial charge in [-0.25, -0.2) is 0 Å². The van der Waals surface area contributed by atoms with Gasteiger partial charge >= 0.3 is 5.97 Å². The van der Waals surface area contributed by atoms with Crippen LogP contribution in [-0.2, 0) is 11.3 Å². The van der Waals surface area contributed by atoms with E-state index in [9.17, 15) is 4.79 Å². The van der Waals surface area contributed by atoms with Crippen LogP contribution in [0.3, 0.4) is 0 Å². The minimum atomic E-state index is -0.808. The Morgan fingerprint density at radius 3 is 2.68 bits per heavy atom. The smallest absolute Gasteiger partial charge is 0.307 e. The van der Waals surface area contributed by atoms with Gasteiger partial charge in [-0.1, -0.05) is 6.92 Å². The Bertz CT molecular complexity index is 437. The van der Waals surface area contributed by atoms with Crippen molar-refractivity contribution >= 4 is 5.97 Å². The number of carbonyl (C=O) groups is 1. The molecule has 0 amide bonds. The molecule has 1 N–H and O–H groups in total. The number of nitrogens with zero attached hydrogens (tertiary/aromatic N) is 2. The molecular formula is C13H20N2O4. The van der Waals surface area contributed by atoms with Crippen molar-refractivity contribution in [1.29, 1.82) is 0 Å². The molecule has 1 aromatic heterocycles. The van der Waals surface area contributed by atoms with Crippen molar-refractivity contribution in [2.75, 3.05) is 27.8 Å². The van der Waals surface area contributed by atoms with Crippen molar-refractivity contribution in [2.24, 2.45) is 5.92 Å². The number of pyridine rings is 1. The third-order valence-electron chi connectivity index (χ3n) is 2.79. The maximum atomic E-state index is 10.8. The van der Waals surface area contributed by atoms with E-state index in [2.05, 4.69) is 4.98 Å². The van der Waals surface area contributed by atoms with Gasteiger partial charge in [0.1, 0.15) is 5.69 Å². The van der Waals surface area contributed by atoms with Crippen LogP contribution >= 0.6 is 0 Å². The van der Waals surface area contributed by atoms with Crippen LogP contribution in [0.1, 0.15) is 12.6 Å². The summed E-state index contributed by atoms with van der Waals surface area (Å²) in [4.78, 5) is 17.0. The van der Waals surface area contributed by atoms with Crippen molar-refractivity contribution in [3.05, 3.63) is 18.0 Å². The largest absolute Gasteiger partial charge is 0.493 e. The summed E-state index contributed by atoms with van der Waals surface area (Å²) in [5.74, 6) is -0.0361. The van der Waals surface area contributed by atoms with Gasteiger partial charge < -0.3 is 14.6 Å². The number of ether oxygens (including phenoxy) is 2. The van der Waals surface area contributed by atoms with Crippen LogP contribution in [0.5, 0.6) is 11.5 Å². The van der Waals surface area contributed by atoms with Crippen molar-refractivity contribution in [1.82, 2.24) is 9.88 Å². The third-order valence-corrected chi connectivity index (χ3v) is 2.79. The lowest BCUT2D eigenvalue weighted by Crippen LogP contribution is -2.28. The summed E-state index contributed by atoms with van der Waals surface area (Å²) in [6.45, 7) is 2.62. The highest BCUT2D eigenvalue weighted by Crippen LogP contribution is 2.29. The van der Waals surface area contributed by atoms with Gasteiger partial charge in [-0.2, -0.15) is 0 Å². The summed E-state index contributed by atoms with van der Waals surface area (Å²) in [5.41, 5.74) is 0.724. The zero-order valence-corrected chi connectivity index (χ0v) is 11.7. The van der Waals surface area contributed by atoms with Crippen LogP contribution in [0.25, 0.3) is 0 Å². The Morgan fingerprint density at radius 2 is 2.16 bits per heavy atom. The SMILES string of the molecule is COc1ccnc(CN(C)CC(C)C(=O)O)c1OC. The number of hydrogen-bond acceptors (Lipinski definition) is 5. The Kier molecular flexibility index (Phi) is 5.57. The Labute approximate surface area is 113 Å². The maximum absolute atomic E-state index is 10.8. The molecule has 6 nitrogen and oxygen atoms in total. The van der Waals surface area contributed by atoms with Gasteiger partial charge in [-0.05, 0) is 7.05 Å². The Balaban J connectivity index is 2.79. The normalized spacial score (nSPS) is 12.3. The van der Waals surface area contributed by atoms with Gasteiger partial charge in [0.25, 0.3) is 0 Å². The molecule has 0 aromatic carbocycles. The number of methoxy groups -OCH3 is 2. The first kappa shape index (κ1) is 15.2. The van der Waals surface area contributed by atoms with Crippen LogP contribution in [0.2, 0.25) is 0 Å². The number of rotatable bonds is 7. The fraction of sp³-hybridized carbons (Fsp3) is 0.538. The summed E-state index contributed by atoms with van der Waals surface area (Å²) in [5, 5.41) is 8.89. The van der Waals surface area contributed by atoms with Crippen LogP contribution in [0.15, 0.2) is 12.3 Å². The van der Waals surface area contributed by atoms with Crippen molar-refractivity contribution in [3.63, 3.8) is 0 Å². The van der Waals surface area contributed by atoms with Gasteiger partial charge in [0.15, 0.2) is 11.5 Å². The molecular weight excluding hydrogens is 248 g/mol. The van der Waals surface area contributed by atoms with E-state index in [-0.39, 0.29) is 0 Å². The molecule has 0 aliphatic heterocycles. The van der Waals surface area contributed by atoms with E-state index in [4.69, 9.17) is 14.6 Å². The molecule has 0 saturated heterocycles. The fourth-order valence-corrected chi connectivity index (χ4v) is 1.83. The van der Waals surface area contributed by atoms with Crippen LogP contribution in [0, 0.1) is 5.92 Å². The van der Waals surface area contributed by atoms with E-state index in [1.165, 1.54) is 0 Å². The second-order valence-corrected chi connectivity index (χ2v) is 4.43. The number of carboxylic acids is 1. The summed E-state index contributed by atoms with van der Waals surface area (Å²) < 4.78 is 10.5. The van der Waals surface area contributed by atoms with Crippen molar-refractivity contribution in [3.8, 4) is 11.5 Å². The topological polar surface area (TPSA) is 71.9 Å². The standard InChI is InChI=1S/C13H20N2O4/c1-9(13(16)17)7-15(2)8-10-12(19-4)11(18-3)5-6-14-10/h5-6,9H,7-8H2,1-4H3,(H,16,17). The fourth-order valence-electron chi connectivity index (χ4n) is 1.83. The van der Waals surface area contributed by atoms with E-state index >= 15 is 0 Å². The molecule has 106 valence electrons. The van der Waals surface area contributed by atoms with E-state index < -0.39 is 11.9 Å². The number of aromatic nitrogens is 1. The molecule has 1 rings (SSSR count). The third kappa shape index (κ3) is 4.10. The summed E-state index contributed by atoms with van der Waals surface area (Å²) in [6, 6.07) is 1.72. The van der Waals surface area contributed by atoms with Crippen LogP contribution < -0.4 is 9.47 Å². The van der Waals surface area contributed by atoms with Gasteiger partial charge in [0.2, 0.25) is 0 Å². The zero-order chi connectivity index (χ0) is 14.4. The lowest BCUT2D eigenvalue weighted by molar-refractivity contribution is -0.141. The Morgan fingerprint density at radius 1 is 1.47 bits per heavy atom. The van der Waals surface area contributed by atoms with Gasteiger partial charge in [0, 0.05) is 25.4 Å². The minimum absolute atomic E-state index is 0.429. The first-order valence-electron chi connectivity index (χ1n) is 5.96. The lowest BCUT2D eigenvalue weighted by atomic mass is 10.1. The average Bonchev–Trinajstić information content (AvgIpc) is 2.37. The summed E-state index contributed by atoms with van der Waals surface area (Å²) >= 11 is 0. The molecule has 1 heterocycles. The second kappa shape index (κ2) is 6.94. The molecule has 1 atom stereocenters. The summed E-state index contributed by atoms with van der Waals surface area (Å²) in [7, 11) is 4.97. The lowest BCUT2D eigenvalue weighted by Gasteiger charge is -2.20. The molecule has 1 unspecified atom stereocenters. The molecule has 0 saturated carbocycles. The molecule has 0 spiro atoms. The van der Waals surface area contributed by atoms with E-state index in [1.807, 2.05) is 11.9 Å². The van der Waals surface area contributed by atoms with E-state index in [1.54, 1.807) is 33.4 Å². The molecule has 0 radical (unpaired) electrons. The molecule has 0 aliphatic carbocycles. The van der Waals surface area contributed by atoms with Gasteiger partial charge in [-0.3, -0.25) is 14.7 Å². The van der Waals surface area contributed by atoms with Crippen LogP contribution in [0.4, 0.5) is 0 Å². The molecule has 1 aromatic rings. The maximum Gasteiger partial charge on any atom is 0.307 e. The van der Waals surface area contributed by atoms with Crippen LogP contribution in [-0.4, -0.2) is 48.8 Å². The quantitative estimate of drug-likeness (QED) is 0.802. The number of carboxylic acid groups (broad SMARTS) is 1. The molecule has 0 bridgehead atoms. The highest BCUT2D eigenvalue weighted by atomic mass is 16.5. The zero-order valence-electron chi connectivity index (χ0n) is 11.7. The number of aliphatic carboxylic acids is 1. The van der Waals surface area contributed by atoms with Gasteiger partial charge in [0.05, 0.1) is 20.1 Å². The Hall–Kier alpha value is -1.82. The molecule has 19 heavy (non-hydrogen) atoms. The molecule has 6 heteroatoms. The van der Waals surface area contributed by atoms with Crippen molar-refractivity contribution < 1.29 is 19.4 Å². The monoisotopic (exact) mass is 268 g/mol. The second-order valence-electron chi connectivity index (χ2n) is 4.43. The van der Waals surface area contributed by atoms with E-state index in [0.717, 1.165) is 5.69 Å². The summed E-state index contributed by atoms with van der Waals surface area (Å²) in [6.07, 6.45) is 1.64. The molecule has 0 fully saturated rings. The molecule has 0 aliphatic rings.